The number of benzene rings is 1. The molecule has 4 nitrogen and oxygen atoms in total. The molecular formula is C18H25NO3. The van der Waals surface area contributed by atoms with Crippen LogP contribution in [-0.2, 0) is 13.0 Å². The average molecular weight is 303 g/mol. The molecule has 120 valence electrons. The third-order valence-electron chi connectivity index (χ3n) is 4.32. The molecule has 4 heteroatoms. The molecule has 0 aliphatic heterocycles. The van der Waals surface area contributed by atoms with Gasteiger partial charge in [-0.2, -0.15) is 0 Å². The van der Waals surface area contributed by atoms with Crippen LogP contribution in [0.5, 0.6) is 0 Å². The smallest absolute Gasteiger partial charge is 0.335 e. The molecule has 1 aromatic carbocycles. The van der Waals surface area contributed by atoms with E-state index < -0.39 is 12.1 Å². The molecule has 1 heterocycles. The molecule has 1 atom stereocenters. The third kappa shape index (κ3) is 2.75. The highest BCUT2D eigenvalue weighted by atomic mass is 16.4. The fourth-order valence-corrected chi connectivity index (χ4v) is 3.24. The minimum atomic E-state index is -0.924. The quantitative estimate of drug-likeness (QED) is 0.845. The highest BCUT2D eigenvalue weighted by Crippen LogP contribution is 2.34. The van der Waals surface area contributed by atoms with E-state index in [1.807, 2.05) is 13.8 Å². The Morgan fingerprint density at radius 3 is 2.50 bits per heavy atom. The predicted molar refractivity (Wildman–Crippen MR) is 88.6 cm³/mol. The number of nitrogens with zero attached hydrogens (tertiary/aromatic N) is 1. The second-order valence-electron chi connectivity index (χ2n) is 5.87. The van der Waals surface area contributed by atoms with Gasteiger partial charge < -0.3 is 14.8 Å². The Bertz CT molecular complexity index is 698. The van der Waals surface area contributed by atoms with Crippen molar-refractivity contribution >= 4 is 16.9 Å². The normalized spacial score (nSPS) is 12.8. The number of aryl methyl sites for hydroxylation is 2. The average Bonchev–Trinajstić information content (AvgIpc) is 2.75. The molecule has 2 N–H and O–H groups in total. The van der Waals surface area contributed by atoms with Crippen molar-refractivity contribution in [3.8, 4) is 0 Å². The molecule has 0 saturated heterocycles. The number of hydrogen-bond donors (Lipinski definition) is 2. The molecule has 0 amide bonds. The number of fused-ring (bicyclic) bond motifs is 1. The van der Waals surface area contributed by atoms with Crippen LogP contribution < -0.4 is 0 Å². The number of aliphatic hydroxyl groups excluding tert-OH is 1. The van der Waals surface area contributed by atoms with Crippen molar-refractivity contribution in [2.24, 2.45) is 0 Å². The Morgan fingerprint density at radius 2 is 2.00 bits per heavy atom. The lowest BCUT2D eigenvalue weighted by atomic mass is 10.00. The molecule has 0 bridgehead atoms. The summed E-state index contributed by atoms with van der Waals surface area (Å²) in [6.07, 6.45) is 2.32. The van der Waals surface area contributed by atoms with Gasteiger partial charge in [0.1, 0.15) is 0 Å². The molecule has 0 saturated carbocycles. The van der Waals surface area contributed by atoms with Crippen molar-refractivity contribution in [2.75, 3.05) is 0 Å². The first kappa shape index (κ1) is 16.6. The van der Waals surface area contributed by atoms with E-state index in [0.29, 0.717) is 5.56 Å². The molecular weight excluding hydrogens is 278 g/mol. The van der Waals surface area contributed by atoms with Crippen LogP contribution in [0, 0.1) is 6.92 Å². The maximum atomic E-state index is 11.4. The Morgan fingerprint density at radius 1 is 1.32 bits per heavy atom. The van der Waals surface area contributed by atoms with Crippen LogP contribution in [0.2, 0.25) is 0 Å². The van der Waals surface area contributed by atoms with Crippen LogP contribution >= 0.6 is 0 Å². The maximum Gasteiger partial charge on any atom is 0.335 e. The van der Waals surface area contributed by atoms with Crippen LogP contribution in [-0.4, -0.2) is 20.7 Å². The van der Waals surface area contributed by atoms with Crippen molar-refractivity contribution in [1.29, 1.82) is 0 Å². The third-order valence-corrected chi connectivity index (χ3v) is 4.32. The molecule has 1 unspecified atom stereocenters. The van der Waals surface area contributed by atoms with Gasteiger partial charge >= 0.3 is 5.97 Å². The fraction of sp³-hybridized carbons (Fsp3) is 0.500. The van der Waals surface area contributed by atoms with Crippen LogP contribution in [0.3, 0.4) is 0 Å². The van der Waals surface area contributed by atoms with Crippen LogP contribution in [0.1, 0.15) is 66.9 Å². The molecule has 2 aromatic rings. The van der Waals surface area contributed by atoms with Crippen molar-refractivity contribution in [3.05, 3.63) is 34.5 Å². The zero-order valence-electron chi connectivity index (χ0n) is 13.8. The van der Waals surface area contributed by atoms with Gasteiger partial charge in [0.05, 0.1) is 17.2 Å². The van der Waals surface area contributed by atoms with E-state index in [4.69, 9.17) is 0 Å². The molecule has 22 heavy (non-hydrogen) atoms. The van der Waals surface area contributed by atoms with Gasteiger partial charge in [0, 0.05) is 23.2 Å². The highest BCUT2D eigenvalue weighted by molar-refractivity contribution is 5.97. The summed E-state index contributed by atoms with van der Waals surface area (Å²) in [6, 6.07) is 3.46. The van der Waals surface area contributed by atoms with E-state index in [-0.39, 0.29) is 0 Å². The SMILES string of the molecule is CCCCn1c(C)c(C(C)O)c2cc(C(=O)O)cc(CC)c21. The van der Waals surface area contributed by atoms with Crippen molar-refractivity contribution in [1.82, 2.24) is 4.57 Å². The van der Waals surface area contributed by atoms with E-state index in [0.717, 1.165) is 53.5 Å². The van der Waals surface area contributed by atoms with E-state index in [2.05, 4.69) is 11.5 Å². The molecule has 1 aromatic heterocycles. The van der Waals surface area contributed by atoms with Gasteiger partial charge in [-0.1, -0.05) is 20.3 Å². The largest absolute Gasteiger partial charge is 0.478 e. The van der Waals surface area contributed by atoms with Gasteiger partial charge in [-0.15, -0.1) is 0 Å². The first-order chi connectivity index (χ1) is 10.4. The van der Waals surface area contributed by atoms with Crippen molar-refractivity contribution in [2.45, 2.75) is 59.6 Å². The second-order valence-corrected chi connectivity index (χ2v) is 5.87. The lowest BCUT2D eigenvalue weighted by Crippen LogP contribution is -2.04. The van der Waals surface area contributed by atoms with Gasteiger partial charge in [-0.25, -0.2) is 4.79 Å². The van der Waals surface area contributed by atoms with Crippen LogP contribution in [0.4, 0.5) is 0 Å². The van der Waals surface area contributed by atoms with Crippen LogP contribution in [0.25, 0.3) is 10.9 Å². The first-order valence-electron chi connectivity index (χ1n) is 7.99. The fourth-order valence-electron chi connectivity index (χ4n) is 3.24. The summed E-state index contributed by atoms with van der Waals surface area (Å²) >= 11 is 0. The number of aliphatic hydroxyl groups is 1. The summed E-state index contributed by atoms with van der Waals surface area (Å²) in [5.74, 6) is -0.924. The molecule has 0 aliphatic carbocycles. The maximum absolute atomic E-state index is 11.4. The van der Waals surface area contributed by atoms with E-state index in [1.54, 1.807) is 19.1 Å². The number of hydrogen-bond acceptors (Lipinski definition) is 2. The number of aromatic carboxylic acids is 1. The molecule has 0 spiro atoms. The van der Waals surface area contributed by atoms with Gasteiger partial charge in [-0.05, 0) is 44.4 Å². The number of carboxylic acids is 1. The number of carboxylic acid groups (broad SMARTS) is 1. The number of rotatable bonds is 6. The van der Waals surface area contributed by atoms with Crippen molar-refractivity contribution in [3.63, 3.8) is 0 Å². The number of carbonyl (C=O) groups is 1. The Kier molecular flexibility index (Phi) is 4.91. The predicted octanol–water partition coefficient (Wildman–Crippen LogP) is 4.06. The summed E-state index contributed by atoms with van der Waals surface area (Å²) in [5.41, 5.74) is 4.29. The lowest BCUT2D eigenvalue weighted by molar-refractivity contribution is 0.0697. The summed E-state index contributed by atoms with van der Waals surface area (Å²) in [4.78, 5) is 11.4. The number of aromatic nitrogens is 1. The Labute approximate surface area is 131 Å². The summed E-state index contributed by atoms with van der Waals surface area (Å²) < 4.78 is 2.24. The van der Waals surface area contributed by atoms with Crippen LogP contribution in [0.15, 0.2) is 12.1 Å². The highest BCUT2D eigenvalue weighted by Gasteiger charge is 2.21. The summed E-state index contributed by atoms with van der Waals surface area (Å²) in [7, 11) is 0. The van der Waals surface area contributed by atoms with Gasteiger partial charge in [-0.3, -0.25) is 0 Å². The van der Waals surface area contributed by atoms with Gasteiger partial charge in [0.15, 0.2) is 0 Å². The van der Waals surface area contributed by atoms with E-state index >= 15 is 0 Å². The van der Waals surface area contributed by atoms with Crippen molar-refractivity contribution < 1.29 is 15.0 Å². The minimum absolute atomic E-state index is 0.291. The Hall–Kier alpha value is -1.81. The molecule has 2 rings (SSSR count). The minimum Gasteiger partial charge on any atom is -0.478 e. The Balaban J connectivity index is 2.84. The second kappa shape index (κ2) is 6.53. The topological polar surface area (TPSA) is 62.5 Å². The zero-order chi connectivity index (χ0) is 16.4. The monoisotopic (exact) mass is 303 g/mol. The first-order valence-corrected chi connectivity index (χ1v) is 7.99. The molecule has 0 fully saturated rings. The standard InChI is InChI=1S/C18H25NO3/c1-5-7-8-19-11(3)16(12(4)20)15-10-14(18(21)22)9-13(6-2)17(15)19/h9-10,12,20H,5-8H2,1-4H3,(H,21,22). The summed E-state index contributed by atoms with van der Waals surface area (Å²) in [5, 5.41) is 20.4. The molecule has 0 radical (unpaired) electrons. The lowest BCUT2D eigenvalue weighted by Gasteiger charge is -2.11. The molecule has 0 aliphatic rings. The van der Waals surface area contributed by atoms with Gasteiger partial charge in [0.25, 0.3) is 0 Å². The van der Waals surface area contributed by atoms with E-state index in [1.165, 1.54) is 0 Å². The van der Waals surface area contributed by atoms with Gasteiger partial charge in [0.2, 0.25) is 0 Å². The number of unbranched alkanes of at least 4 members (excludes halogenated alkanes) is 1. The summed E-state index contributed by atoms with van der Waals surface area (Å²) in [6.45, 7) is 8.84. The van der Waals surface area contributed by atoms with E-state index in [9.17, 15) is 15.0 Å². The zero-order valence-corrected chi connectivity index (χ0v) is 13.8.